The predicted octanol–water partition coefficient (Wildman–Crippen LogP) is 13.8. The molecule has 12 heteroatoms. The third-order valence-electron chi connectivity index (χ3n) is 10.1. The monoisotopic (exact) mass is 921 g/mol. The maximum atomic E-state index is 12.8. The minimum absolute atomic E-state index is 0.142. The molecule has 0 spiro atoms. The van der Waals surface area contributed by atoms with E-state index in [4.69, 9.17) is 23.3 Å². The van der Waals surface area contributed by atoms with Gasteiger partial charge in [-0.25, -0.2) is 4.57 Å². The molecule has 368 valence electrons. The van der Waals surface area contributed by atoms with Gasteiger partial charge in [0, 0.05) is 19.3 Å². The molecule has 3 unspecified atom stereocenters. The maximum absolute atomic E-state index is 12.8. The minimum atomic E-state index is -4.75. The molecule has 0 aromatic rings. The Morgan fingerprint density at radius 2 is 0.844 bits per heavy atom. The fourth-order valence-electron chi connectivity index (χ4n) is 6.27. The second-order valence-electron chi connectivity index (χ2n) is 16.2. The van der Waals surface area contributed by atoms with Crippen LogP contribution in [0.15, 0.2) is 72.9 Å². The van der Waals surface area contributed by atoms with E-state index in [9.17, 15) is 28.9 Å². The Balaban J connectivity index is 4.82. The molecule has 3 atom stereocenters. The van der Waals surface area contributed by atoms with Crippen LogP contribution in [-0.4, -0.2) is 66.5 Å². The van der Waals surface area contributed by atoms with Crippen LogP contribution < -0.4 is 0 Å². The molecule has 0 bridgehead atoms. The van der Waals surface area contributed by atoms with Gasteiger partial charge in [-0.3, -0.25) is 23.4 Å². The molecule has 64 heavy (non-hydrogen) atoms. The van der Waals surface area contributed by atoms with E-state index in [0.717, 1.165) is 128 Å². The number of ether oxygens (including phenoxy) is 3. The van der Waals surface area contributed by atoms with Gasteiger partial charge in [-0.15, -0.1) is 0 Å². The predicted molar refractivity (Wildman–Crippen MR) is 261 cm³/mol. The van der Waals surface area contributed by atoms with E-state index in [1.54, 1.807) is 0 Å². The second-order valence-corrected chi connectivity index (χ2v) is 17.7. The molecule has 0 rings (SSSR count). The van der Waals surface area contributed by atoms with Crippen molar-refractivity contribution in [3.8, 4) is 0 Å². The third-order valence-corrected chi connectivity index (χ3v) is 11.0. The quantitative estimate of drug-likeness (QED) is 0.0197. The number of aliphatic hydroxyl groups is 1. The van der Waals surface area contributed by atoms with Gasteiger partial charge in [0.2, 0.25) is 0 Å². The zero-order valence-corrected chi connectivity index (χ0v) is 41.1. The second kappa shape index (κ2) is 46.4. The van der Waals surface area contributed by atoms with Crippen LogP contribution in [0.4, 0.5) is 0 Å². The lowest BCUT2D eigenvalue weighted by Crippen LogP contribution is -2.30. The molecule has 0 aliphatic heterocycles. The van der Waals surface area contributed by atoms with Gasteiger partial charge in [-0.1, -0.05) is 158 Å². The van der Waals surface area contributed by atoms with Crippen molar-refractivity contribution < 1.29 is 52.2 Å². The first kappa shape index (κ1) is 60.9. The molecule has 0 radical (unpaired) electrons. The number of allylic oxidation sites excluding steroid dienone is 12. The van der Waals surface area contributed by atoms with Gasteiger partial charge in [0.15, 0.2) is 6.10 Å². The molecule has 0 fully saturated rings. The van der Waals surface area contributed by atoms with Gasteiger partial charge < -0.3 is 24.2 Å². The molecule has 0 heterocycles. The zero-order valence-electron chi connectivity index (χ0n) is 40.2. The highest BCUT2D eigenvalue weighted by Crippen LogP contribution is 2.43. The maximum Gasteiger partial charge on any atom is 0.472 e. The van der Waals surface area contributed by atoms with Crippen LogP contribution in [-0.2, 0) is 42.2 Å². The summed E-state index contributed by atoms with van der Waals surface area (Å²) >= 11 is 0. The van der Waals surface area contributed by atoms with Crippen LogP contribution in [0.1, 0.15) is 201 Å². The average molecular weight is 921 g/mol. The number of esters is 3. The summed E-state index contributed by atoms with van der Waals surface area (Å²) in [7, 11) is -4.75. The van der Waals surface area contributed by atoms with Gasteiger partial charge in [0.1, 0.15) is 12.7 Å². The van der Waals surface area contributed by atoms with Crippen LogP contribution in [0.25, 0.3) is 0 Å². The third kappa shape index (κ3) is 44.1. The Morgan fingerprint density at radius 1 is 0.453 bits per heavy atom. The van der Waals surface area contributed by atoms with E-state index < -0.39 is 57.8 Å². The first-order valence-electron chi connectivity index (χ1n) is 24.8. The largest absolute Gasteiger partial charge is 0.472 e. The summed E-state index contributed by atoms with van der Waals surface area (Å²) in [5, 5.41) is 9.74. The number of phosphoric ester groups is 1. The molecule has 0 aromatic carbocycles. The summed E-state index contributed by atoms with van der Waals surface area (Å²) in [6.07, 6.45) is 48.8. The van der Waals surface area contributed by atoms with Crippen LogP contribution in [0, 0.1) is 0 Å². The van der Waals surface area contributed by atoms with Gasteiger partial charge in [-0.05, 0) is 96.3 Å². The van der Waals surface area contributed by atoms with E-state index in [1.807, 2.05) is 0 Å². The van der Waals surface area contributed by atoms with Crippen molar-refractivity contribution in [3.05, 3.63) is 72.9 Å². The lowest BCUT2D eigenvalue weighted by Gasteiger charge is -2.21. The van der Waals surface area contributed by atoms with Crippen molar-refractivity contribution in [3.63, 3.8) is 0 Å². The van der Waals surface area contributed by atoms with Crippen LogP contribution in [0.3, 0.4) is 0 Å². The summed E-state index contributed by atoms with van der Waals surface area (Å²) in [5.41, 5.74) is 0. The van der Waals surface area contributed by atoms with Gasteiger partial charge >= 0.3 is 25.7 Å². The molecular formula is C52H89O11P. The lowest BCUT2D eigenvalue weighted by molar-refractivity contribution is -0.161. The Bertz CT molecular complexity index is 1350. The highest BCUT2D eigenvalue weighted by Gasteiger charge is 2.28. The fraction of sp³-hybridized carbons (Fsp3) is 0.712. The molecule has 0 saturated heterocycles. The highest BCUT2D eigenvalue weighted by atomic mass is 31.2. The summed E-state index contributed by atoms with van der Waals surface area (Å²) in [5.74, 6) is -1.53. The Kier molecular flexibility index (Phi) is 44.2. The average Bonchev–Trinajstić information content (AvgIpc) is 3.28. The molecule has 0 aliphatic carbocycles. The van der Waals surface area contributed by atoms with Gasteiger partial charge in [-0.2, -0.15) is 0 Å². The Hall–Kier alpha value is -3.08. The van der Waals surface area contributed by atoms with Crippen molar-refractivity contribution in [2.45, 2.75) is 213 Å². The van der Waals surface area contributed by atoms with E-state index in [-0.39, 0.29) is 25.9 Å². The standard InChI is InChI=1S/C52H89O11P/c1-4-7-10-13-16-19-22-24-27-29-32-35-38-41-50(54)59-45-49(63-52(56)43-40-37-34-31-28-25-23-20-17-14-11-8-5-2)47-61-64(57,58)60-46-48(44-53)62-51(55)42-39-36-33-30-26-21-18-15-12-9-6-3/h7,10-11,14-16,18-20,23-24,27,48-49,53H,4-6,8-9,12-13,17,21-22,25-26,28-47H2,1-3H3,(H,57,58)/b10-7-,14-11-,18-15-,19-16-,23-20-,27-24-. The number of rotatable bonds is 45. The fourth-order valence-corrected chi connectivity index (χ4v) is 7.05. The summed E-state index contributed by atoms with van der Waals surface area (Å²) in [6, 6.07) is 0. The van der Waals surface area contributed by atoms with Crippen molar-refractivity contribution >= 4 is 25.7 Å². The molecular weight excluding hydrogens is 832 g/mol. The van der Waals surface area contributed by atoms with Gasteiger partial charge in [0.25, 0.3) is 0 Å². The first-order valence-corrected chi connectivity index (χ1v) is 26.3. The number of hydrogen-bond donors (Lipinski definition) is 2. The summed E-state index contributed by atoms with van der Waals surface area (Å²) in [6.45, 7) is 4.33. The summed E-state index contributed by atoms with van der Waals surface area (Å²) < 4.78 is 39.2. The van der Waals surface area contributed by atoms with E-state index in [1.165, 1.54) is 12.8 Å². The molecule has 0 aliphatic rings. The SMILES string of the molecule is CC/C=C\C/C=C\C/C=C\CCCCCC(=O)OCC(COP(=O)(O)OCC(CO)OC(=O)CCCCCCC/C=C\CCCC)OC(=O)CCCCCCC/C=C\C/C=C\CCC. The van der Waals surface area contributed by atoms with Gasteiger partial charge in [0.05, 0.1) is 19.8 Å². The van der Waals surface area contributed by atoms with Crippen molar-refractivity contribution in [1.29, 1.82) is 0 Å². The van der Waals surface area contributed by atoms with Crippen LogP contribution in [0.2, 0.25) is 0 Å². The lowest BCUT2D eigenvalue weighted by atomic mass is 10.1. The highest BCUT2D eigenvalue weighted by molar-refractivity contribution is 7.47. The number of hydrogen-bond acceptors (Lipinski definition) is 10. The summed E-state index contributed by atoms with van der Waals surface area (Å²) in [4.78, 5) is 48.2. The van der Waals surface area contributed by atoms with Crippen molar-refractivity contribution in [2.75, 3.05) is 26.4 Å². The van der Waals surface area contributed by atoms with E-state index in [2.05, 4.69) is 93.7 Å². The van der Waals surface area contributed by atoms with Crippen molar-refractivity contribution in [1.82, 2.24) is 0 Å². The first-order chi connectivity index (χ1) is 31.2. The smallest absolute Gasteiger partial charge is 0.462 e. The molecule has 11 nitrogen and oxygen atoms in total. The molecule has 2 N–H and O–H groups in total. The minimum Gasteiger partial charge on any atom is -0.462 e. The normalized spacial score (nSPS) is 14.1. The number of aliphatic hydroxyl groups excluding tert-OH is 1. The van der Waals surface area contributed by atoms with Crippen LogP contribution in [0.5, 0.6) is 0 Å². The van der Waals surface area contributed by atoms with Crippen LogP contribution >= 0.6 is 7.82 Å². The molecule has 0 aromatic heterocycles. The molecule has 0 saturated carbocycles. The van der Waals surface area contributed by atoms with E-state index in [0.29, 0.717) is 19.3 Å². The zero-order chi connectivity index (χ0) is 47.0. The number of carbonyl (C=O) groups excluding carboxylic acids is 3. The number of phosphoric acid groups is 1. The Labute approximate surface area is 388 Å². The van der Waals surface area contributed by atoms with E-state index >= 15 is 0 Å². The number of unbranched alkanes of at least 4 members (excludes halogenated alkanes) is 16. The topological polar surface area (TPSA) is 155 Å². The molecule has 0 amide bonds. The number of carbonyl (C=O) groups is 3. The van der Waals surface area contributed by atoms with Crippen molar-refractivity contribution in [2.24, 2.45) is 0 Å². The Morgan fingerprint density at radius 3 is 1.34 bits per heavy atom.